The molecule has 0 saturated carbocycles. The Morgan fingerprint density at radius 1 is 1.06 bits per heavy atom. The summed E-state index contributed by atoms with van der Waals surface area (Å²) in [4.78, 5) is 37.7. The summed E-state index contributed by atoms with van der Waals surface area (Å²) in [6.45, 7) is 4.88. The first-order chi connectivity index (χ1) is 16.4. The predicted octanol–water partition coefficient (Wildman–Crippen LogP) is 4.26. The van der Waals surface area contributed by atoms with Crippen LogP contribution in [0.2, 0.25) is 0 Å². The van der Waals surface area contributed by atoms with E-state index >= 15 is 0 Å². The molecule has 2 amide bonds. The molecule has 2 atom stereocenters. The molecule has 0 aromatic heterocycles. The van der Waals surface area contributed by atoms with Crippen LogP contribution in [0.15, 0.2) is 48.5 Å². The maximum atomic E-state index is 12.5. The molecule has 1 saturated heterocycles. The van der Waals surface area contributed by atoms with Crippen molar-refractivity contribution >= 4 is 18.0 Å². The highest BCUT2D eigenvalue weighted by molar-refractivity contribution is 5.79. The number of nitrogens with one attached hydrogen (secondary N) is 1. The summed E-state index contributed by atoms with van der Waals surface area (Å²) in [6, 6.07) is 16.3. The highest BCUT2D eigenvalue weighted by Gasteiger charge is 2.37. The Bertz CT molecular complexity index is 1020. The fourth-order valence-corrected chi connectivity index (χ4v) is 4.88. The van der Waals surface area contributed by atoms with Gasteiger partial charge in [-0.1, -0.05) is 62.4 Å². The van der Waals surface area contributed by atoms with Crippen LogP contribution in [0.5, 0.6) is 0 Å². The summed E-state index contributed by atoms with van der Waals surface area (Å²) >= 11 is 0. The Morgan fingerprint density at radius 2 is 1.65 bits per heavy atom. The molecule has 2 aromatic rings. The molecule has 2 unspecified atom stereocenters. The van der Waals surface area contributed by atoms with E-state index in [4.69, 9.17) is 9.84 Å². The van der Waals surface area contributed by atoms with Gasteiger partial charge in [-0.25, -0.2) is 4.79 Å². The molecule has 7 nitrogen and oxygen atoms in total. The van der Waals surface area contributed by atoms with Crippen molar-refractivity contribution in [3.63, 3.8) is 0 Å². The quantitative estimate of drug-likeness (QED) is 0.578. The zero-order valence-corrected chi connectivity index (χ0v) is 19.7. The predicted molar refractivity (Wildman–Crippen MR) is 128 cm³/mol. The van der Waals surface area contributed by atoms with Crippen LogP contribution in [0, 0.1) is 11.8 Å². The minimum atomic E-state index is -0.824. The van der Waals surface area contributed by atoms with Crippen LogP contribution >= 0.6 is 0 Å². The van der Waals surface area contributed by atoms with Crippen molar-refractivity contribution in [1.82, 2.24) is 10.2 Å². The van der Waals surface area contributed by atoms with E-state index in [1.807, 2.05) is 31.2 Å². The third kappa shape index (κ3) is 4.93. The average molecular weight is 465 g/mol. The minimum absolute atomic E-state index is 0.00151. The number of rotatable bonds is 9. The molecular weight excluding hydrogens is 432 g/mol. The highest BCUT2D eigenvalue weighted by Crippen LogP contribution is 2.44. The Kier molecular flexibility index (Phi) is 7.20. The largest absolute Gasteiger partial charge is 0.481 e. The van der Waals surface area contributed by atoms with Crippen molar-refractivity contribution in [3.05, 3.63) is 59.7 Å². The molecule has 7 heteroatoms. The maximum absolute atomic E-state index is 12.5. The zero-order valence-electron chi connectivity index (χ0n) is 19.7. The fourth-order valence-electron chi connectivity index (χ4n) is 4.88. The lowest BCUT2D eigenvalue weighted by molar-refractivity contribution is -0.150. The first-order valence-electron chi connectivity index (χ1n) is 12.0. The number of amides is 2. The number of alkyl carbamates (subject to hydrolysis) is 1. The van der Waals surface area contributed by atoms with E-state index in [0.717, 1.165) is 0 Å². The number of carbonyl (C=O) groups is 3. The summed E-state index contributed by atoms with van der Waals surface area (Å²) in [5.41, 5.74) is 4.70. The van der Waals surface area contributed by atoms with Gasteiger partial charge in [-0.3, -0.25) is 9.59 Å². The first kappa shape index (κ1) is 23.8. The van der Waals surface area contributed by atoms with Crippen molar-refractivity contribution in [2.24, 2.45) is 11.8 Å². The van der Waals surface area contributed by atoms with Crippen LogP contribution in [-0.2, 0) is 14.3 Å². The SMILES string of the molecule is CCC(CCC(=O)N1CC(C(C)C(=O)O)C1)NC(=O)OCC1c2ccccc2-c2ccccc21. The summed E-state index contributed by atoms with van der Waals surface area (Å²) < 4.78 is 5.62. The molecule has 0 bridgehead atoms. The van der Waals surface area contributed by atoms with Gasteiger partial charge in [0, 0.05) is 37.4 Å². The Morgan fingerprint density at radius 3 is 2.21 bits per heavy atom. The molecule has 1 aliphatic carbocycles. The van der Waals surface area contributed by atoms with E-state index in [0.29, 0.717) is 32.4 Å². The normalized spacial score (nSPS) is 16.7. The number of carboxylic acids is 1. The molecule has 0 spiro atoms. The standard InChI is InChI=1S/C27H32N2O5/c1-3-19(12-13-25(30)29-14-18(15-29)17(2)26(31)32)28-27(33)34-16-24-22-10-6-4-8-20(22)21-9-5-7-11-23(21)24/h4-11,17-19,24H,3,12-16H2,1-2H3,(H,28,33)(H,31,32). The summed E-state index contributed by atoms with van der Waals surface area (Å²) in [6.07, 6.45) is 1.06. The third-order valence-corrected chi connectivity index (χ3v) is 7.22. The second-order valence-electron chi connectivity index (χ2n) is 9.30. The molecule has 1 fully saturated rings. The van der Waals surface area contributed by atoms with Gasteiger partial charge in [0.15, 0.2) is 0 Å². The van der Waals surface area contributed by atoms with Crippen LogP contribution in [0.4, 0.5) is 4.79 Å². The number of fused-ring (bicyclic) bond motifs is 3. The van der Waals surface area contributed by atoms with Gasteiger partial charge in [0.1, 0.15) is 6.61 Å². The van der Waals surface area contributed by atoms with Crippen LogP contribution in [0.25, 0.3) is 11.1 Å². The topological polar surface area (TPSA) is 95.9 Å². The van der Waals surface area contributed by atoms with Crippen molar-refractivity contribution in [2.45, 2.75) is 45.1 Å². The number of nitrogens with zero attached hydrogens (tertiary/aromatic N) is 1. The molecule has 0 radical (unpaired) electrons. The van der Waals surface area contributed by atoms with Crippen LogP contribution < -0.4 is 5.32 Å². The van der Waals surface area contributed by atoms with E-state index in [1.54, 1.807) is 11.8 Å². The van der Waals surface area contributed by atoms with Crippen molar-refractivity contribution in [2.75, 3.05) is 19.7 Å². The van der Waals surface area contributed by atoms with Gasteiger partial charge in [-0.2, -0.15) is 0 Å². The second-order valence-corrected chi connectivity index (χ2v) is 9.30. The van der Waals surface area contributed by atoms with Gasteiger partial charge in [0.2, 0.25) is 5.91 Å². The number of aliphatic carboxylic acids is 1. The van der Waals surface area contributed by atoms with Gasteiger partial charge < -0.3 is 20.1 Å². The lowest BCUT2D eigenvalue weighted by Gasteiger charge is -2.41. The zero-order chi connectivity index (χ0) is 24.2. The molecule has 34 heavy (non-hydrogen) atoms. The summed E-state index contributed by atoms with van der Waals surface area (Å²) in [5.74, 6) is -1.24. The maximum Gasteiger partial charge on any atom is 0.407 e. The Balaban J connectivity index is 1.25. The smallest absolute Gasteiger partial charge is 0.407 e. The number of carbonyl (C=O) groups excluding carboxylic acids is 2. The fraction of sp³-hybridized carbons (Fsp3) is 0.444. The van der Waals surface area contributed by atoms with Crippen LogP contribution in [0.1, 0.15) is 50.2 Å². The van der Waals surface area contributed by atoms with Crippen molar-refractivity contribution in [1.29, 1.82) is 0 Å². The van der Waals surface area contributed by atoms with E-state index in [2.05, 4.69) is 29.6 Å². The third-order valence-electron chi connectivity index (χ3n) is 7.22. The van der Waals surface area contributed by atoms with Crippen molar-refractivity contribution in [3.8, 4) is 11.1 Å². The number of hydrogen-bond acceptors (Lipinski definition) is 4. The molecular formula is C27H32N2O5. The summed E-state index contributed by atoms with van der Waals surface area (Å²) in [5, 5.41) is 12.0. The number of likely N-dealkylation sites (tertiary alicyclic amines) is 1. The van der Waals surface area contributed by atoms with E-state index in [9.17, 15) is 14.4 Å². The van der Waals surface area contributed by atoms with E-state index in [1.165, 1.54) is 22.3 Å². The summed E-state index contributed by atoms with van der Waals surface area (Å²) in [7, 11) is 0. The number of benzene rings is 2. The molecule has 2 aromatic carbocycles. The Hall–Kier alpha value is -3.35. The first-order valence-corrected chi connectivity index (χ1v) is 12.0. The van der Waals surface area contributed by atoms with Gasteiger partial charge in [-0.05, 0) is 35.1 Å². The van der Waals surface area contributed by atoms with Gasteiger partial charge >= 0.3 is 12.1 Å². The molecule has 2 aliphatic rings. The van der Waals surface area contributed by atoms with Gasteiger partial charge in [0.25, 0.3) is 0 Å². The number of hydrogen-bond donors (Lipinski definition) is 2. The lowest BCUT2D eigenvalue weighted by Crippen LogP contribution is -2.53. The lowest BCUT2D eigenvalue weighted by atomic mass is 9.87. The average Bonchev–Trinajstić information content (AvgIpc) is 3.13. The minimum Gasteiger partial charge on any atom is -0.481 e. The van der Waals surface area contributed by atoms with Gasteiger partial charge in [0.05, 0.1) is 5.92 Å². The number of carboxylic acid groups (broad SMARTS) is 1. The number of ether oxygens (including phenoxy) is 1. The van der Waals surface area contributed by atoms with Gasteiger partial charge in [-0.15, -0.1) is 0 Å². The molecule has 2 N–H and O–H groups in total. The monoisotopic (exact) mass is 464 g/mol. The second kappa shape index (κ2) is 10.3. The molecule has 1 heterocycles. The van der Waals surface area contributed by atoms with Crippen molar-refractivity contribution < 1.29 is 24.2 Å². The van der Waals surface area contributed by atoms with E-state index < -0.39 is 18.0 Å². The van der Waals surface area contributed by atoms with Crippen LogP contribution in [0.3, 0.4) is 0 Å². The van der Waals surface area contributed by atoms with E-state index in [-0.39, 0.29) is 30.4 Å². The molecule has 180 valence electrons. The van der Waals surface area contributed by atoms with Crippen LogP contribution in [-0.4, -0.2) is 53.7 Å². The molecule has 4 rings (SSSR count). The highest BCUT2D eigenvalue weighted by atomic mass is 16.5. The Labute approximate surface area is 200 Å². The molecule has 1 aliphatic heterocycles.